The number of likely N-dealkylation sites (tertiary alicyclic amines) is 2. The summed E-state index contributed by atoms with van der Waals surface area (Å²) in [6.45, 7) is 4.63. The fraction of sp³-hybridized carbons (Fsp3) is 0.750. The van der Waals surface area contributed by atoms with Gasteiger partial charge in [-0.2, -0.15) is 0 Å². The van der Waals surface area contributed by atoms with Gasteiger partial charge in [0.05, 0.1) is 6.33 Å². The number of carbonyl (C=O) groups is 1. The molecule has 0 aromatic carbocycles. The van der Waals surface area contributed by atoms with Gasteiger partial charge >= 0.3 is 0 Å². The molecule has 1 aromatic heterocycles. The lowest BCUT2D eigenvalue weighted by Gasteiger charge is -2.47. The van der Waals surface area contributed by atoms with Gasteiger partial charge in [-0.25, -0.2) is 4.98 Å². The Hall–Kier alpha value is -1.40. The van der Waals surface area contributed by atoms with Gasteiger partial charge in [-0.3, -0.25) is 9.69 Å². The fourth-order valence-electron chi connectivity index (χ4n) is 3.85. The summed E-state index contributed by atoms with van der Waals surface area (Å²) in [7, 11) is 1.72. The first-order chi connectivity index (χ1) is 10.8. The number of nitrogens with one attached hydrogen (secondary N) is 1. The molecule has 1 N–H and O–H groups in total. The average Bonchev–Trinajstić information content (AvgIpc) is 3.02. The predicted octanol–water partition coefficient (Wildman–Crippen LogP) is 1.26. The van der Waals surface area contributed by atoms with Crippen LogP contribution in [0.15, 0.2) is 12.5 Å². The molecule has 6 nitrogen and oxygen atoms in total. The van der Waals surface area contributed by atoms with Gasteiger partial charge in [-0.15, -0.1) is 0 Å². The molecule has 2 aliphatic rings. The predicted molar refractivity (Wildman–Crippen MR) is 83.2 cm³/mol. The van der Waals surface area contributed by atoms with Gasteiger partial charge in [0.2, 0.25) is 5.91 Å². The van der Waals surface area contributed by atoms with Crippen molar-refractivity contribution in [2.45, 2.75) is 38.3 Å². The molecule has 1 amide bonds. The topological polar surface area (TPSA) is 61.5 Å². The van der Waals surface area contributed by atoms with Crippen LogP contribution < -0.4 is 0 Å². The normalized spacial score (nSPS) is 26.2. The first kappa shape index (κ1) is 15.5. The molecule has 0 unspecified atom stereocenters. The second-order valence-corrected chi connectivity index (χ2v) is 6.40. The minimum absolute atomic E-state index is 0.333. The minimum atomic E-state index is 0.333. The maximum absolute atomic E-state index is 12.2. The lowest BCUT2D eigenvalue weighted by Crippen LogP contribution is -2.56. The highest BCUT2D eigenvalue weighted by Crippen LogP contribution is 2.31. The average molecular weight is 306 g/mol. The van der Waals surface area contributed by atoms with Crippen molar-refractivity contribution in [3.05, 3.63) is 18.2 Å². The van der Waals surface area contributed by atoms with Crippen LogP contribution in [-0.4, -0.2) is 65.1 Å². The number of hydrogen-bond donors (Lipinski definition) is 1. The Bertz CT molecular complexity index is 477. The first-order valence-electron chi connectivity index (χ1n) is 8.26. The molecule has 122 valence electrons. The molecular weight excluding hydrogens is 280 g/mol. The van der Waals surface area contributed by atoms with Gasteiger partial charge in [0.1, 0.15) is 0 Å². The zero-order chi connectivity index (χ0) is 15.4. The van der Waals surface area contributed by atoms with Crippen molar-refractivity contribution >= 4 is 5.91 Å². The van der Waals surface area contributed by atoms with Crippen molar-refractivity contribution in [2.24, 2.45) is 5.92 Å². The third-order valence-electron chi connectivity index (χ3n) is 4.92. The van der Waals surface area contributed by atoms with E-state index in [1.807, 2.05) is 6.20 Å². The van der Waals surface area contributed by atoms with E-state index < -0.39 is 0 Å². The third kappa shape index (κ3) is 3.50. The molecule has 3 heterocycles. The Morgan fingerprint density at radius 3 is 3.14 bits per heavy atom. The Morgan fingerprint density at radius 1 is 1.45 bits per heavy atom. The number of piperidine rings is 2. The van der Waals surface area contributed by atoms with Crippen molar-refractivity contribution in [1.29, 1.82) is 0 Å². The summed E-state index contributed by atoms with van der Waals surface area (Å²) in [5.41, 5.74) is 1.17. The molecule has 22 heavy (non-hydrogen) atoms. The third-order valence-corrected chi connectivity index (χ3v) is 4.92. The van der Waals surface area contributed by atoms with E-state index in [1.165, 1.54) is 5.69 Å². The lowest BCUT2D eigenvalue weighted by atomic mass is 9.83. The Labute approximate surface area is 131 Å². The summed E-state index contributed by atoms with van der Waals surface area (Å²) in [6.07, 6.45) is 7.38. The van der Waals surface area contributed by atoms with Gasteiger partial charge in [-0.1, -0.05) is 0 Å². The zero-order valence-corrected chi connectivity index (χ0v) is 13.3. The largest absolute Gasteiger partial charge is 0.385 e. The van der Waals surface area contributed by atoms with E-state index >= 15 is 0 Å². The van der Waals surface area contributed by atoms with Crippen LogP contribution >= 0.6 is 0 Å². The number of aromatic nitrogens is 2. The zero-order valence-electron chi connectivity index (χ0n) is 13.3. The summed E-state index contributed by atoms with van der Waals surface area (Å²) < 4.78 is 5.12. The number of fused-ring (bicyclic) bond motifs is 1. The van der Waals surface area contributed by atoms with Gasteiger partial charge in [0, 0.05) is 64.2 Å². The summed E-state index contributed by atoms with van der Waals surface area (Å²) >= 11 is 0. The number of imidazole rings is 1. The fourth-order valence-corrected chi connectivity index (χ4v) is 3.85. The molecular formula is C16H26N4O2. The van der Waals surface area contributed by atoms with Crippen LogP contribution in [0.25, 0.3) is 0 Å². The molecule has 2 aliphatic heterocycles. The molecule has 0 spiro atoms. The SMILES string of the molecule is COCCCN1C(=O)CC[C@H]2CN(Cc3cnc[nH]3)CC[C@H]21. The molecule has 3 rings (SSSR count). The number of aromatic amines is 1. The van der Waals surface area contributed by atoms with E-state index in [-0.39, 0.29) is 0 Å². The monoisotopic (exact) mass is 306 g/mol. The van der Waals surface area contributed by atoms with Gasteiger partial charge in [-0.05, 0) is 25.2 Å². The van der Waals surface area contributed by atoms with Crippen molar-refractivity contribution in [3.63, 3.8) is 0 Å². The maximum Gasteiger partial charge on any atom is 0.222 e. The van der Waals surface area contributed by atoms with Gasteiger partial charge in [0.15, 0.2) is 0 Å². The number of amides is 1. The first-order valence-corrected chi connectivity index (χ1v) is 8.26. The lowest BCUT2D eigenvalue weighted by molar-refractivity contribution is -0.141. The van der Waals surface area contributed by atoms with Gasteiger partial charge in [0.25, 0.3) is 0 Å². The highest BCUT2D eigenvalue weighted by atomic mass is 16.5. The second kappa shape index (κ2) is 7.24. The van der Waals surface area contributed by atoms with E-state index in [4.69, 9.17) is 4.74 Å². The molecule has 0 radical (unpaired) electrons. The Kier molecular flexibility index (Phi) is 5.10. The van der Waals surface area contributed by atoms with Crippen molar-refractivity contribution in [1.82, 2.24) is 19.8 Å². The molecule has 2 atom stereocenters. The van der Waals surface area contributed by atoms with E-state index in [0.29, 0.717) is 24.3 Å². The van der Waals surface area contributed by atoms with Crippen LogP contribution in [-0.2, 0) is 16.1 Å². The van der Waals surface area contributed by atoms with Crippen molar-refractivity contribution in [3.8, 4) is 0 Å². The molecule has 0 bridgehead atoms. The van der Waals surface area contributed by atoms with Crippen LogP contribution in [0.2, 0.25) is 0 Å². The second-order valence-electron chi connectivity index (χ2n) is 6.40. The Balaban J connectivity index is 1.57. The summed E-state index contributed by atoms with van der Waals surface area (Å²) in [6, 6.07) is 0.427. The molecule has 1 aromatic rings. The quantitative estimate of drug-likeness (QED) is 0.804. The summed E-state index contributed by atoms with van der Waals surface area (Å²) in [4.78, 5) is 24.1. The Morgan fingerprint density at radius 2 is 2.36 bits per heavy atom. The highest BCUT2D eigenvalue weighted by molar-refractivity contribution is 5.77. The maximum atomic E-state index is 12.2. The van der Waals surface area contributed by atoms with Crippen LogP contribution in [0, 0.1) is 5.92 Å². The minimum Gasteiger partial charge on any atom is -0.385 e. The van der Waals surface area contributed by atoms with Crippen molar-refractivity contribution in [2.75, 3.05) is 33.4 Å². The number of H-pyrrole nitrogens is 1. The number of hydrogen-bond acceptors (Lipinski definition) is 4. The smallest absolute Gasteiger partial charge is 0.222 e. The van der Waals surface area contributed by atoms with E-state index in [0.717, 1.165) is 52.0 Å². The van der Waals surface area contributed by atoms with Crippen LogP contribution in [0.5, 0.6) is 0 Å². The molecule has 0 saturated carbocycles. The standard InChI is InChI=1S/C16H26N4O2/c1-22-8-2-6-20-15-5-7-19(11-14-9-17-12-18-14)10-13(15)3-4-16(20)21/h9,12-13,15H,2-8,10-11H2,1H3,(H,17,18)/t13-,15+/m0/s1. The van der Waals surface area contributed by atoms with Crippen molar-refractivity contribution < 1.29 is 9.53 Å². The van der Waals surface area contributed by atoms with Crippen LogP contribution in [0.1, 0.15) is 31.4 Å². The molecule has 2 fully saturated rings. The number of nitrogens with zero attached hydrogens (tertiary/aromatic N) is 3. The van der Waals surface area contributed by atoms with Gasteiger partial charge < -0.3 is 14.6 Å². The van der Waals surface area contributed by atoms with Crippen LogP contribution in [0.4, 0.5) is 0 Å². The molecule has 2 saturated heterocycles. The summed E-state index contributed by atoms with van der Waals surface area (Å²) in [5, 5.41) is 0. The number of carbonyl (C=O) groups excluding carboxylic acids is 1. The highest BCUT2D eigenvalue weighted by Gasteiger charge is 2.38. The number of rotatable bonds is 6. The number of methoxy groups -OCH3 is 1. The van der Waals surface area contributed by atoms with E-state index in [2.05, 4.69) is 19.8 Å². The molecule has 0 aliphatic carbocycles. The molecule has 6 heteroatoms. The van der Waals surface area contributed by atoms with Crippen LogP contribution in [0.3, 0.4) is 0 Å². The van der Waals surface area contributed by atoms with E-state index in [1.54, 1.807) is 13.4 Å². The summed E-state index contributed by atoms with van der Waals surface area (Å²) in [5.74, 6) is 0.941. The van der Waals surface area contributed by atoms with E-state index in [9.17, 15) is 4.79 Å². The number of ether oxygens (including phenoxy) is 1.